The topological polar surface area (TPSA) is 64.4 Å². The summed E-state index contributed by atoms with van der Waals surface area (Å²) < 4.78 is 18.6. The molecule has 0 aliphatic carbocycles. The number of nitro benzene ring substituents is 1. The number of nitro groups is 1. The molecular formula is C11H15FN2O3. The molecule has 0 saturated heterocycles. The van der Waals surface area contributed by atoms with Crippen LogP contribution < -0.4 is 5.32 Å². The highest BCUT2D eigenvalue weighted by Crippen LogP contribution is 2.21. The molecule has 0 radical (unpaired) electrons. The molecule has 1 aromatic rings. The lowest BCUT2D eigenvalue weighted by atomic mass is 10.2. The van der Waals surface area contributed by atoms with Gasteiger partial charge in [-0.3, -0.25) is 10.1 Å². The van der Waals surface area contributed by atoms with Crippen molar-refractivity contribution in [1.29, 1.82) is 0 Å². The van der Waals surface area contributed by atoms with Crippen molar-refractivity contribution in [1.82, 2.24) is 0 Å². The second-order valence-electron chi connectivity index (χ2n) is 3.63. The quantitative estimate of drug-likeness (QED) is 0.615. The number of nitrogens with zero attached hydrogens (tertiary/aromatic N) is 1. The van der Waals surface area contributed by atoms with Crippen molar-refractivity contribution in [3.05, 3.63) is 34.1 Å². The van der Waals surface area contributed by atoms with E-state index < -0.39 is 10.7 Å². The predicted molar refractivity (Wildman–Crippen MR) is 62.6 cm³/mol. The third-order valence-electron chi connectivity index (χ3n) is 2.13. The Kier molecular flexibility index (Phi) is 4.84. The van der Waals surface area contributed by atoms with E-state index in [4.69, 9.17) is 4.74 Å². The normalized spacial score (nSPS) is 12.2. The lowest BCUT2D eigenvalue weighted by Crippen LogP contribution is -2.22. The molecule has 0 bridgehead atoms. The van der Waals surface area contributed by atoms with Crippen molar-refractivity contribution < 1.29 is 14.1 Å². The Morgan fingerprint density at radius 2 is 2.29 bits per heavy atom. The first-order valence-electron chi connectivity index (χ1n) is 5.32. The highest BCUT2D eigenvalue weighted by molar-refractivity contribution is 5.52. The van der Waals surface area contributed by atoms with Crippen LogP contribution in [0.4, 0.5) is 15.8 Å². The van der Waals surface area contributed by atoms with Gasteiger partial charge in [-0.15, -0.1) is 0 Å². The molecule has 0 aliphatic rings. The molecule has 1 rings (SSSR count). The molecule has 1 aromatic carbocycles. The minimum atomic E-state index is -0.558. The van der Waals surface area contributed by atoms with Gasteiger partial charge in [-0.25, -0.2) is 4.39 Å². The van der Waals surface area contributed by atoms with E-state index >= 15 is 0 Å². The Morgan fingerprint density at radius 3 is 2.88 bits per heavy atom. The third-order valence-corrected chi connectivity index (χ3v) is 2.13. The minimum absolute atomic E-state index is 0.117. The maximum atomic E-state index is 13.4. The van der Waals surface area contributed by atoms with E-state index in [2.05, 4.69) is 5.32 Å². The zero-order valence-corrected chi connectivity index (χ0v) is 9.77. The van der Waals surface area contributed by atoms with Crippen LogP contribution in [0.15, 0.2) is 18.2 Å². The standard InChI is InChI=1S/C11H15FN2O3/c1-3-17-7-8(2)13-11-6-9(14(15)16)4-5-10(11)12/h4-6,8,13H,3,7H2,1-2H3. The summed E-state index contributed by atoms with van der Waals surface area (Å²) in [7, 11) is 0. The number of halogens is 1. The van der Waals surface area contributed by atoms with Crippen molar-refractivity contribution in [2.45, 2.75) is 19.9 Å². The van der Waals surface area contributed by atoms with E-state index in [1.165, 1.54) is 6.07 Å². The monoisotopic (exact) mass is 242 g/mol. The summed E-state index contributed by atoms with van der Waals surface area (Å²) in [6.07, 6.45) is 0. The molecule has 1 N–H and O–H groups in total. The fraction of sp³-hybridized carbons (Fsp3) is 0.455. The Labute approximate surface area is 98.7 Å². The summed E-state index contributed by atoms with van der Waals surface area (Å²) in [5.74, 6) is -0.515. The van der Waals surface area contributed by atoms with Crippen LogP contribution in [0.1, 0.15) is 13.8 Å². The van der Waals surface area contributed by atoms with Gasteiger partial charge in [0.25, 0.3) is 5.69 Å². The molecule has 0 aliphatic heterocycles. The first-order chi connectivity index (χ1) is 8.04. The summed E-state index contributed by atoms with van der Waals surface area (Å²) in [5, 5.41) is 13.4. The second-order valence-corrected chi connectivity index (χ2v) is 3.63. The van der Waals surface area contributed by atoms with Crippen LogP contribution in [0.25, 0.3) is 0 Å². The van der Waals surface area contributed by atoms with E-state index in [1.54, 1.807) is 0 Å². The van der Waals surface area contributed by atoms with E-state index in [1.807, 2.05) is 13.8 Å². The maximum Gasteiger partial charge on any atom is 0.271 e. The molecule has 17 heavy (non-hydrogen) atoms. The molecule has 6 heteroatoms. The molecule has 0 heterocycles. The number of nitrogens with one attached hydrogen (secondary N) is 1. The van der Waals surface area contributed by atoms with E-state index in [0.717, 1.165) is 12.1 Å². The van der Waals surface area contributed by atoms with Crippen molar-refractivity contribution in [3.8, 4) is 0 Å². The maximum absolute atomic E-state index is 13.4. The smallest absolute Gasteiger partial charge is 0.271 e. The SMILES string of the molecule is CCOCC(C)Nc1cc([N+](=O)[O-])ccc1F. The largest absolute Gasteiger partial charge is 0.380 e. The van der Waals surface area contributed by atoms with Gasteiger partial charge in [-0.2, -0.15) is 0 Å². The van der Waals surface area contributed by atoms with Gasteiger partial charge in [0.05, 0.1) is 17.2 Å². The minimum Gasteiger partial charge on any atom is -0.380 e. The molecule has 0 aromatic heterocycles. The summed E-state index contributed by atoms with van der Waals surface area (Å²) in [4.78, 5) is 10.00. The number of rotatable bonds is 6. The number of benzene rings is 1. The van der Waals surface area contributed by atoms with Crippen LogP contribution in [0.5, 0.6) is 0 Å². The fourth-order valence-corrected chi connectivity index (χ4v) is 1.34. The van der Waals surface area contributed by atoms with Crippen LogP contribution >= 0.6 is 0 Å². The average molecular weight is 242 g/mol. The average Bonchev–Trinajstić information content (AvgIpc) is 2.29. The zero-order valence-electron chi connectivity index (χ0n) is 9.77. The first-order valence-corrected chi connectivity index (χ1v) is 5.32. The molecule has 1 atom stereocenters. The number of anilines is 1. The fourth-order valence-electron chi connectivity index (χ4n) is 1.34. The lowest BCUT2D eigenvalue weighted by Gasteiger charge is -2.15. The highest BCUT2D eigenvalue weighted by atomic mass is 19.1. The zero-order chi connectivity index (χ0) is 12.8. The van der Waals surface area contributed by atoms with Gasteiger partial charge >= 0.3 is 0 Å². The molecule has 0 spiro atoms. The first kappa shape index (κ1) is 13.4. The number of hydrogen-bond acceptors (Lipinski definition) is 4. The van der Waals surface area contributed by atoms with Gasteiger partial charge in [-0.1, -0.05) is 0 Å². The third kappa shape index (κ3) is 3.99. The molecule has 94 valence electrons. The molecule has 5 nitrogen and oxygen atoms in total. The Balaban J connectivity index is 2.75. The summed E-state index contributed by atoms with van der Waals surface area (Å²) in [6, 6.07) is 3.27. The van der Waals surface area contributed by atoms with Gasteiger partial charge in [0.2, 0.25) is 0 Å². The van der Waals surface area contributed by atoms with E-state index in [-0.39, 0.29) is 17.4 Å². The predicted octanol–water partition coefficient (Wildman–Crippen LogP) is 2.57. The molecule has 0 amide bonds. The Bertz CT molecular complexity index is 398. The Hall–Kier alpha value is -1.69. The van der Waals surface area contributed by atoms with Gasteiger partial charge < -0.3 is 10.1 Å². The van der Waals surface area contributed by atoms with Gasteiger partial charge in [-0.05, 0) is 19.9 Å². The van der Waals surface area contributed by atoms with E-state index in [9.17, 15) is 14.5 Å². The van der Waals surface area contributed by atoms with Crippen molar-refractivity contribution in [3.63, 3.8) is 0 Å². The highest BCUT2D eigenvalue weighted by Gasteiger charge is 2.12. The van der Waals surface area contributed by atoms with Crippen molar-refractivity contribution in [2.24, 2.45) is 0 Å². The van der Waals surface area contributed by atoms with Crippen molar-refractivity contribution >= 4 is 11.4 Å². The number of ether oxygens (including phenoxy) is 1. The van der Waals surface area contributed by atoms with Crippen molar-refractivity contribution in [2.75, 3.05) is 18.5 Å². The van der Waals surface area contributed by atoms with Gasteiger partial charge in [0, 0.05) is 24.8 Å². The van der Waals surface area contributed by atoms with Crippen LogP contribution in [-0.2, 0) is 4.74 Å². The molecule has 1 unspecified atom stereocenters. The van der Waals surface area contributed by atoms with E-state index in [0.29, 0.717) is 13.2 Å². The van der Waals surface area contributed by atoms with Crippen LogP contribution in [0, 0.1) is 15.9 Å². The second kappa shape index (κ2) is 6.15. The summed E-state index contributed by atoms with van der Waals surface area (Å²) in [5.41, 5.74) is -0.0242. The van der Waals surface area contributed by atoms with Gasteiger partial charge in [0.15, 0.2) is 0 Å². The lowest BCUT2D eigenvalue weighted by molar-refractivity contribution is -0.384. The Morgan fingerprint density at radius 1 is 1.59 bits per heavy atom. The van der Waals surface area contributed by atoms with Gasteiger partial charge in [0.1, 0.15) is 5.82 Å². The van der Waals surface area contributed by atoms with Crippen LogP contribution in [0.3, 0.4) is 0 Å². The van der Waals surface area contributed by atoms with Crippen LogP contribution in [-0.4, -0.2) is 24.2 Å². The molecule has 0 saturated carbocycles. The molecular weight excluding hydrogens is 227 g/mol. The molecule has 0 fully saturated rings. The van der Waals surface area contributed by atoms with Crippen LogP contribution in [0.2, 0.25) is 0 Å². The summed E-state index contributed by atoms with van der Waals surface area (Å²) >= 11 is 0. The number of hydrogen-bond donors (Lipinski definition) is 1. The number of non-ortho nitro benzene ring substituents is 1. The summed E-state index contributed by atoms with van der Waals surface area (Å²) in [6.45, 7) is 4.66.